The summed E-state index contributed by atoms with van der Waals surface area (Å²) in [7, 11) is 1.70. The maximum atomic E-state index is 6.02. The molecule has 0 aliphatic carbocycles. The minimum Gasteiger partial charge on any atom is -0.349 e. The van der Waals surface area contributed by atoms with Gasteiger partial charge in [-0.25, -0.2) is 0 Å². The van der Waals surface area contributed by atoms with Gasteiger partial charge in [-0.05, 0) is 31.1 Å². The molecule has 2 unspecified atom stereocenters. The van der Waals surface area contributed by atoms with Gasteiger partial charge in [0, 0.05) is 12.5 Å². The van der Waals surface area contributed by atoms with Gasteiger partial charge in [-0.3, -0.25) is 0 Å². The molecule has 14 heavy (non-hydrogen) atoms. The van der Waals surface area contributed by atoms with Crippen LogP contribution in [0, 0.1) is 5.41 Å². The van der Waals surface area contributed by atoms with E-state index in [-0.39, 0.29) is 11.0 Å². The van der Waals surface area contributed by atoms with Crippen molar-refractivity contribution in [3.8, 4) is 0 Å². The van der Waals surface area contributed by atoms with Crippen LogP contribution in [-0.4, -0.2) is 18.5 Å². The molecule has 0 aromatic carbocycles. The first-order valence-electron chi connectivity index (χ1n) is 4.99. The topological polar surface area (TPSA) is 18.5 Å². The third-order valence-corrected chi connectivity index (χ3v) is 3.59. The van der Waals surface area contributed by atoms with E-state index in [1.165, 1.54) is 0 Å². The summed E-state index contributed by atoms with van der Waals surface area (Å²) in [4.78, 5) is 0. The molecular formula is C12H18O2. The summed E-state index contributed by atoms with van der Waals surface area (Å²) in [5.74, 6) is -0.567. The molecule has 0 aromatic rings. The van der Waals surface area contributed by atoms with Crippen LogP contribution in [0.15, 0.2) is 24.3 Å². The van der Waals surface area contributed by atoms with E-state index in [1.807, 2.05) is 13.0 Å². The zero-order valence-electron chi connectivity index (χ0n) is 9.39. The third kappa shape index (κ3) is 0.984. The molecule has 1 fully saturated rings. The number of ether oxygens (including phenoxy) is 2. The summed E-state index contributed by atoms with van der Waals surface area (Å²) in [5, 5.41) is 0. The molecule has 2 rings (SSSR count). The van der Waals surface area contributed by atoms with Gasteiger partial charge in [-0.1, -0.05) is 20.4 Å². The van der Waals surface area contributed by atoms with Crippen LogP contribution in [0.5, 0.6) is 0 Å². The molecule has 2 atom stereocenters. The van der Waals surface area contributed by atoms with E-state index in [4.69, 9.17) is 9.47 Å². The van der Waals surface area contributed by atoms with Crippen LogP contribution in [0.25, 0.3) is 0 Å². The second-order valence-corrected chi connectivity index (χ2v) is 5.08. The standard InChI is InChI=1S/C12H18O2/c1-9-8-10(2,3)12(13-5)7-6-11(9,4)14-12/h6-7H,1,8H2,2-5H3. The van der Waals surface area contributed by atoms with Crippen molar-refractivity contribution in [2.24, 2.45) is 5.41 Å². The molecule has 2 heterocycles. The summed E-state index contributed by atoms with van der Waals surface area (Å²) in [6, 6.07) is 0. The summed E-state index contributed by atoms with van der Waals surface area (Å²) >= 11 is 0. The van der Waals surface area contributed by atoms with E-state index in [2.05, 4.69) is 26.5 Å². The van der Waals surface area contributed by atoms with Crippen molar-refractivity contribution >= 4 is 0 Å². The first-order valence-corrected chi connectivity index (χ1v) is 4.99. The van der Waals surface area contributed by atoms with Gasteiger partial charge in [0.1, 0.15) is 5.60 Å². The number of hydrogen-bond acceptors (Lipinski definition) is 2. The fourth-order valence-electron chi connectivity index (χ4n) is 2.42. The first kappa shape index (κ1) is 9.94. The molecule has 0 aromatic heterocycles. The SMILES string of the molecule is C=C1CC(C)(C)C2(OC)C=CC1(C)O2. The number of rotatable bonds is 1. The largest absolute Gasteiger partial charge is 0.349 e. The average Bonchev–Trinajstić information content (AvgIpc) is 2.42. The number of fused-ring (bicyclic) bond motifs is 2. The fraction of sp³-hybridized carbons (Fsp3) is 0.667. The molecule has 2 aliphatic rings. The highest BCUT2D eigenvalue weighted by Gasteiger charge is 2.57. The van der Waals surface area contributed by atoms with Gasteiger partial charge in [0.15, 0.2) is 5.79 Å². The van der Waals surface area contributed by atoms with Crippen LogP contribution in [0.1, 0.15) is 27.2 Å². The molecule has 0 spiro atoms. The van der Waals surface area contributed by atoms with Crippen molar-refractivity contribution in [3.05, 3.63) is 24.3 Å². The molecular weight excluding hydrogens is 176 g/mol. The van der Waals surface area contributed by atoms with Crippen molar-refractivity contribution in [1.29, 1.82) is 0 Å². The fourth-order valence-corrected chi connectivity index (χ4v) is 2.42. The van der Waals surface area contributed by atoms with Gasteiger partial charge in [0.25, 0.3) is 0 Å². The van der Waals surface area contributed by atoms with Crippen LogP contribution >= 0.6 is 0 Å². The van der Waals surface area contributed by atoms with Crippen molar-refractivity contribution in [1.82, 2.24) is 0 Å². The molecule has 0 saturated carbocycles. The lowest BCUT2D eigenvalue weighted by molar-refractivity contribution is -0.281. The van der Waals surface area contributed by atoms with Crippen molar-refractivity contribution < 1.29 is 9.47 Å². The molecule has 2 aliphatic heterocycles. The first-order chi connectivity index (χ1) is 6.35. The van der Waals surface area contributed by atoms with Crippen molar-refractivity contribution in [2.45, 2.75) is 38.6 Å². The van der Waals surface area contributed by atoms with Crippen molar-refractivity contribution in [2.75, 3.05) is 7.11 Å². The Labute approximate surface area is 85.6 Å². The smallest absolute Gasteiger partial charge is 0.194 e. The Morgan fingerprint density at radius 2 is 2.00 bits per heavy atom. The maximum absolute atomic E-state index is 6.02. The Kier molecular flexibility index (Phi) is 1.77. The van der Waals surface area contributed by atoms with E-state index in [1.54, 1.807) is 7.11 Å². The molecule has 2 bridgehead atoms. The highest BCUT2D eigenvalue weighted by molar-refractivity contribution is 5.34. The van der Waals surface area contributed by atoms with E-state index >= 15 is 0 Å². The van der Waals surface area contributed by atoms with Gasteiger partial charge in [0.05, 0.1) is 0 Å². The van der Waals surface area contributed by atoms with Gasteiger partial charge in [-0.2, -0.15) is 0 Å². The number of methoxy groups -OCH3 is 1. The predicted molar refractivity (Wildman–Crippen MR) is 55.9 cm³/mol. The summed E-state index contributed by atoms with van der Waals surface area (Å²) < 4.78 is 11.6. The second-order valence-electron chi connectivity index (χ2n) is 5.08. The summed E-state index contributed by atoms with van der Waals surface area (Å²) in [6.45, 7) is 10.4. The second kappa shape index (κ2) is 2.50. The highest BCUT2D eigenvalue weighted by atomic mass is 16.7. The lowest BCUT2D eigenvalue weighted by atomic mass is 9.74. The Hall–Kier alpha value is -0.600. The van der Waals surface area contributed by atoms with Crippen LogP contribution in [0.3, 0.4) is 0 Å². The van der Waals surface area contributed by atoms with E-state index in [0.29, 0.717) is 0 Å². The molecule has 2 heteroatoms. The minimum absolute atomic E-state index is 0.0503. The van der Waals surface area contributed by atoms with Gasteiger partial charge in [0.2, 0.25) is 0 Å². The monoisotopic (exact) mass is 194 g/mol. The Morgan fingerprint density at radius 1 is 1.36 bits per heavy atom. The molecule has 1 saturated heterocycles. The predicted octanol–water partition coefficient (Wildman–Crippen LogP) is 2.66. The van der Waals surface area contributed by atoms with Crippen molar-refractivity contribution in [3.63, 3.8) is 0 Å². The van der Waals surface area contributed by atoms with E-state index in [0.717, 1.165) is 12.0 Å². The minimum atomic E-state index is -0.567. The quantitative estimate of drug-likeness (QED) is 0.597. The zero-order valence-corrected chi connectivity index (χ0v) is 9.39. The molecule has 78 valence electrons. The van der Waals surface area contributed by atoms with E-state index < -0.39 is 5.79 Å². The molecule has 0 N–H and O–H groups in total. The summed E-state index contributed by atoms with van der Waals surface area (Å²) in [6.07, 6.45) is 5.03. The van der Waals surface area contributed by atoms with Gasteiger partial charge >= 0.3 is 0 Å². The zero-order chi connectivity index (χ0) is 10.6. The molecule has 0 radical (unpaired) electrons. The lowest BCUT2D eigenvalue weighted by Crippen LogP contribution is -2.53. The van der Waals surface area contributed by atoms with E-state index in [9.17, 15) is 0 Å². The van der Waals surface area contributed by atoms with Gasteiger partial charge < -0.3 is 9.47 Å². The lowest BCUT2D eigenvalue weighted by Gasteiger charge is -2.49. The van der Waals surface area contributed by atoms with Crippen LogP contribution < -0.4 is 0 Å². The maximum Gasteiger partial charge on any atom is 0.194 e. The molecule has 2 nitrogen and oxygen atoms in total. The van der Waals surface area contributed by atoms with Gasteiger partial charge in [-0.15, -0.1) is 0 Å². The Balaban J connectivity index is 2.48. The van der Waals surface area contributed by atoms with Crippen LogP contribution in [0.4, 0.5) is 0 Å². The Morgan fingerprint density at radius 3 is 2.57 bits per heavy atom. The summed E-state index contributed by atoms with van der Waals surface area (Å²) in [5.41, 5.74) is 0.751. The Bertz CT molecular complexity index is 316. The highest BCUT2D eigenvalue weighted by Crippen LogP contribution is 2.54. The van der Waals surface area contributed by atoms with Crippen LogP contribution in [-0.2, 0) is 9.47 Å². The van der Waals surface area contributed by atoms with Crippen LogP contribution in [0.2, 0.25) is 0 Å². The molecule has 0 amide bonds. The normalized spacial score (nSPS) is 44.4. The number of hydrogen-bond donors (Lipinski definition) is 0. The third-order valence-electron chi connectivity index (χ3n) is 3.59. The average molecular weight is 194 g/mol.